The predicted molar refractivity (Wildman–Crippen MR) is 111 cm³/mol. The molecule has 0 radical (unpaired) electrons. The first-order valence-corrected chi connectivity index (χ1v) is 9.52. The lowest BCUT2D eigenvalue weighted by Crippen LogP contribution is -2.48. The van der Waals surface area contributed by atoms with Gasteiger partial charge in [-0.3, -0.25) is 9.59 Å². The van der Waals surface area contributed by atoms with Crippen LogP contribution in [0.25, 0.3) is 10.9 Å². The molecule has 1 aliphatic heterocycles. The Morgan fingerprint density at radius 3 is 2.57 bits per heavy atom. The van der Waals surface area contributed by atoms with Crippen molar-refractivity contribution in [2.75, 3.05) is 38.5 Å². The maximum absolute atomic E-state index is 12.5. The zero-order valence-electron chi connectivity index (χ0n) is 16.4. The van der Waals surface area contributed by atoms with Gasteiger partial charge in [0.05, 0.1) is 17.4 Å². The molecule has 4 rings (SSSR count). The number of anilines is 1. The zero-order valence-corrected chi connectivity index (χ0v) is 16.4. The number of aldehydes is 1. The molecule has 2 N–H and O–H groups in total. The molecular formula is C21H21N5O4. The number of benzene rings is 1. The number of fused-ring (bicyclic) bond motifs is 1. The number of carbonyl (C=O) groups excluding carboxylic acids is 3. The number of aromatic nitrogens is 2. The Morgan fingerprint density at radius 1 is 1.13 bits per heavy atom. The van der Waals surface area contributed by atoms with E-state index in [0.717, 1.165) is 24.8 Å². The van der Waals surface area contributed by atoms with Crippen molar-refractivity contribution in [3.8, 4) is 5.75 Å². The standard InChI is InChI=1S/C21H21N5O4/c1-25-6-8-26(9-7-25)21(29)30-17-4-2-14(3-5-17)20(28)24-19-11-15-10-16(13-27)23-18(15)12-22-19/h2-5,10-13,23H,6-9H2,1H3,(H,22,24,28). The van der Waals surface area contributed by atoms with Gasteiger partial charge in [-0.05, 0) is 43.4 Å². The summed E-state index contributed by atoms with van der Waals surface area (Å²) < 4.78 is 5.40. The van der Waals surface area contributed by atoms with Crippen LogP contribution in [-0.2, 0) is 0 Å². The summed E-state index contributed by atoms with van der Waals surface area (Å²) >= 11 is 0. The Hall–Kier alpha value is -3.72. The molecule has 0 unspecified atom stereocenters. The van der Waals surface area contributed by atoms with Gasteiger partial charge in [0.15, 0.2) is 6.29 Å². The molecule has 0 saturated carbocycles. The summed E-state index contributed by atoms with van der Waals surface area (Å²) in [4.78, 5) is 46.5. The summed E-state index contributed by atoms with van der Waals surface area (Å²) in [6.45, 7) is 2.88. The summed E-state index contributed by atoms with van der Waals surface area (Å²) in [6.07, 6.45) is 1.88. The maximum Gasteiger partial charge on any atom is 0.415 e. The molecule has 1 fully saturated rings. The third-order valence-corrected chi connectivity index (χ3v) is 4.98. The first kappa shape index (κ1) is 19.6. The smallest absolute Gasteiger partial charge is 0.410 e. The number of pyridine rings is 1. The highest BCUT2D eigenvalue weighted by atomic mass is 16.6. The molecule has 9 nitrogen and oxygen atoms in total. The molecule has 1 aliphatic rings. The molecule has 1 aromatic carbocycles. The average Bonchev–Trinajstić information content (AvgIpc) is 3.17. The van der Waals surface area contributed by atoms with Crippen molar-refractivity contribution >= 4 is 35.0 Å². The summed E-state index contributed by atoms with van der Waals surface area (Å²) in [6, 6.07) is 9.71. The van der Waals surface area contributed by atoms with Crippen LogP contribution in [0.2, 0.25) is 0 Å². The molecule has 3 aromatic rings. The second-order valence-corrected chi connectivity index (χ2v) is 7.14. The van der Waals surface area contributed by atoms with Crippen molar-refractivity contribution in [3.63, 3.8) is 0 Å². The number of piperazine rings is 1. The van der Waals surface area contributed by atoms with E-state index in [9.17, 15) is 14.4 Å². The number of amides is 2. The normalized spacial score (nSPS) is 14.5. The van der Waals surface area contributed by atoms with Gasteiger partial charge in [0.1, 0.15) is 11.6 Å². The van der Waals surface area contributed by atoms with Crippen molar-refractivity contribution in [2.45, 2.75) is 0 Å². The van der Waals surface area contributed by atoms with E-state index < -0.39 is 0 Å². The van der Waals surface area contributed by atoms with E-state index in [0.29, 0.717) is 41.4 Å². The number of nitrogens with zero attached hydrogens (tertiary/aromatic N) is 3. The van der Waals surface area contributed by atoms with Crippen LogP contribution in [0.1, 0.15) is 20.8 Å². The molecule has 154 valence electrons. The van der Waals surface area contributed by atoms with Gasteiger partial charge >= 0.3 is 6.09 Å². The fourth-order valence-electron chi connectivity index (χ4n) is 3.20. The lowest BCUT2D eigenvalue weighted by atomic mass is 10.2. The molecule has 0 bridgehead atoms. The third kappa shape index (κ3) is 4.31. The second-order valence-electron chi connectivity index (χ2n) is 7.14. The number of nitrogens with one attached hydrogen (secondary N) is 2. The average molecular weight is 407 g/mol. The van der Waals surface area contributed by atoms with Crippen LogP contribution in [0.3, 0.4) is 0 Å². The van der Waals surface area contributed by atoms with Gasteiger partial charge in [0, 0.05) is 37.1 Å². The zero-order chi connectivity index (χ0) is 21.1. The summed E-state index contributed by atoms with van der Waals surface area (Å²) in [5.41, 5.74) is 1.55. The highest BCUT2D eigenvalue weighted by Gasteiger charge is 2.20. The van der Waals surface area contributed by atoms with Crippen LogP contribution in [-0.4, -0.2) is 71.3 Å². The number of rotatable bonds is 4. The van der Waals surface area contributed by atoms with Crippen LogP contribution >= 0.6 is 0 Å². The Labute approximate surface area is 172 Å². The van der Waals surface area contributed by atoms with Gasteiger partial charge < -0.3 is 24.8 Å². The fraction of sp³-hybridized carbons (Fsp3) is 0.238. The third-order valence-electron chi connectivity index (χ3n) is 4.98. The molecule has 2 amide bonds. The second kappa shape index (κ2) is 8.34. The summed E-state index contributed by atoms with van der Waals surface area (Å²) in [7, 11) is 2.01. The minimum Gasteiger partial charge on any atom is -0.410 e. The number of aromatic amines is 1. The number of hydrogen-bond donors (Lipinski definition) is 2. The van der Waals surface area contributed by atoms with Gasteiger partial charge in [0.25, 0.3) is 5.91 Å². The predicted octanol–water partition coefficient (Wildman–Crippen LogP) is 2.37. The number of likely N-dealkylation sites (N-methyl/N-ethyl adjacent to an activating group) is 1. The quantitative estimate of drug-likeness (QED) is 0.643. The van der Waals surface area contributed by atoms with Crippen LogP contribution in [0.4, 0.5) is 10.6 Å². The lowest BCUT2D eigenvalue weighted by Gasteiger charge is -2.31. The van der Waals surface area contributed by atoms with E-state index in [1.807, 2.05) is 7.05 Å². The van der Waals surface area contributed by atoms with E-state index in [1.165, 1.54) is 0 Å². The van der Waals surface area contributed by atoms with Crippen molar-refractivity contribution in [3.05, 3.63) is 53.9 Å². The highest BCUT2D eigenvalue weighted by Crippen LogP contribution is 2.19. The monoisotopic (exact) mass is 407 g/mol. The van der Waals surface area contributed by atoms with Crippen LogP contribution < -0.4 is 10.1 Å². The molecule has 30 heavy (non-hydrogen) atoms. The van der Waals surface area contributed by atoms with Crippen LogP contribution in [0.15, 0.2) is 42.6 Å². The highest BCUT2D eigenvalue weighted by molar-refractivity contribution is 6.04. The van der Waals surface area contributed by atoms with Gasteiger partial charge in [0.2, 0.25) is 0 Å². The SMILES string of the molecule is CN1CCN(C(=O)Oc2ccc(C(=O)Nc3cc4cc(C=O)[nH]c4cn3)cc2)CC1. The van der Waals surface area contributed by atoms with E-state index in [1.54, 1.807) is 47.5 Å². The van der Waals surface area contributed by atoms with E-state index in [-0.39, 0.29) is 12.0 Å². The Kier molecular flexibility index (Phi) is 5.44. The molecule has 1 saturated heterocycles. The topological polar surface area (TPSA) is 108 Å². The largest absolute Gasteiger partial charge is 0.415 e. The van der Waals surface area contributed by atoms with E-state index in [4.69, 9.17) is 4.74 Å². The van der Waals surface area contributed by atoms with E-state index in [2.05, 4.69) is 20.2 Å². The van der Waals surface area contributed by atoms with Crippen molar-refractivity contribution in [1.29, 1.82) is 0 Å². The molecule has 0 aliphatic carbocycles. The molecule has 3 heterocycles. The molecule has 9 heteroatoms. The fourth-order valence-corrected chi connectivity index (χ4v) is 3.20. The summed E-state index contributed by atoms with van der Waals surface area (Å²) in [5, 5.41) is 3.49. The maximum atomic E-state index is 12.5. The van der Waals surface area contributed by atoms with E-state index >= 15 is 0 Å². The lowest BCUT2D eigenvalue weighted by molar-refractivity contribution is 0.102. The van der Waals surface area contributed by atoms with Gasteiger partial charge in [-0.1, -0.05) is 0 Å². The number of ether oxygens (including phenoxy) is 1. The Balaban J connectivity index is 1.38. The molecule has 0 spiro atoms. The first-order valence-electron chi connectivity index (χ1n) is 9.52. The van der Waals surface area contributed by atoms with Crippen LogP contribution in [0, 0.1) is 0 Å². The minimum atomic E-state index is -0.390. The minimum absolute atomic E-state index is 0.343. The molecular weight excluding hydrogens is 386 g/mol. The van der Waals surface area contributed by atoms with Gasteiger partial charge in [-0.15, -0.1) is 0 Å². The molecule has 2 aromatic heterocycles. The first-order chi connectivity index (χ1) is 14.5. The van der Waals surface area contributed by atoms with Gasteiger partial charge in [-0.25, -0.2) is 9.78 Å². The Bertz CT molecular complexity index is 1080. The van der Waals surface area contributed by atoms with Crippen LogP contribution in [0.5, 0.6) is 5.75 Å². The number of hydrogen-bond acceptors (Lipinski definition) is 6. The van der Waals surface area contributed by atoms with Gasteiger partial charge in [-0.2, -0.15) is 0 Å². The van der Waals surface area contributed by atoms with Crippen molar-refractivity contribution in [2.24, 2.45) is 0 Å². The van der Waals surface area contributed by atoms with Crippen molar-refractivity contribution < 1.29 is 19.1 Å². The van der Waals surface area contributed by atoms with Crippen molar-refractivity contribution in [1.82, 2.24) is 19.8 Å². The Morgan fingerprint density at radius 2 is 1.87 bits per heavy atom. The number of carbonyl (C=O) groups is 3. The number of H-pyrrole nitrogens is 1. The summed E-state index contributed by atoms with van der Waals surface area (Å²) in [5.74, 6) is 0.406. The molecule has 0 atom stereocenters.